The predicted octanol–water partition coefficient (Wildman–Crippen LogP) is 2.76. The van der Waals surface area contributed by atoms with Crippen molar-refractivity contribution >= 4 is 6.03 Å². The molecule has 2 aliphatic rings. The third-order valence-electron chi connectivity index (χ3n) is 5.07. The Kier molecular flexibility index (Phi) is 5.70. The molecular weight excluding hydrogens is 252 g/mol. The van der Waals surface area contributed by atoms with E-state index in [1.807, 2.05) is 4.90 Å². The van der Waals surface area contributed by atoms with Crippen LogP contribution in [0, 0.1) is 11.8 Å². The van der Waals surface area contributed by atoms with E-state index >= 15 is 0 Å². The number of carbonyl (C=O) groups excluding carboxylic acids is 1. The van der Waals surface area contributed by atoms with Gasteiger partial charge in [-0.2, -0.15) is 0 Å². The number of carbonyl (C=O) groups is 1. The average molecular weight is 282 g/mol. The lowest BCUT2D eigenvalue weighted by Gasteiger charge is -2.36. The number of rotatable bonds is 6. The summed E-state index contributed by atoms with van der Waals surface area (Å²) >= 11 is 0. The monoisotopic (exact) mass is 282 g/mol. The molecule has 3 atom stereocenters. The number of unbranched alkanes of at least 4 members (excludes halogenated alkanes) is 1. The lowest BCUT2D eigenvalue weighted by molar-refractivity contribution is 0.163. The van der Waals surface area contributed by atoms with Gasteiger partial charge in [-0.3, -0.25) is 0 Å². The van der Waals surface area contributed by atoms with Crippen LogP contribution < -0.4 is 5.32 Å². The molecule has 0 aromatic carbocycles. The number of hydrogen-bond acceptors (Lipinski definition) is 2. The number of aliphatic hydroxyl groups is 1. The fraction of sp³-hybridized carbons (Fsp3) is 0.938. The van der Waals surface area contributed by atoms with Crippen molar-refractivity contribution in [3.8, 4) is 0 Å². The Hall–Kier alpha value is -0.770. The van der Waals surface area contributed by atoms with E-state index in [2.05, 4.69) is 19.2 Å². The smallest absolute Gasteiger partial charge is 0.317 e. The molecule has 2 rings (SSSR count). The molecule has 0 heterocycles. The van der Waals surface area contributed by atoms with Crippen molar-refractivity contribution in [3.05, 3.63) is 0 Å². The minimum absolute atomic E-state index is 0.122. The summed E-state index contributed by atoms with van der Waals surface area (Å²) in [7, 11) is 0. The molecule has 2 aliphatic carbocycles. The van der Waals surface area contributed by atoms with E-state index in [0.717, 1.165) is 38.6 Å². The summed E-state index contributed by atoms with van der Waals surface area (Å²) in [5.74, 6) is 1.28. The molecule has 2 saturated carbocycles. The highest BCUT2D eigenvalue weighted by molar-refractivity contribution is 5.75. The number of aliphatic hydroxyl groups excluding tert-OH is 1. The van der Waals surface area contributed by atoms with Crippen LogP contribution in [0.1, 0.15) is 58.8 Å². The second-order valence-electron chi connectivity index (χ2n) is 6.68. The molecule has 0 saturated heterocycles. The Bertz CT molecular complexity index is 318. The molecule has 2 N–H and O–H groups in total. The largest absolute Gasteiger partial charge is 0.396 e. The van der Waals surface area contributed by atoms with E-state index in [0.29, 0.717) is 23.9 Å². The zero-order valence-electron chi connectivity index (χ0n) is 13.0. The third kappa shape index (κ3) is 4.11. The highest BCUT2D eigenvalue weighted by atomic mass is 16.3. The van der Waals surface area contributed by atoms with Gasteiger partial charge in [0.05, 0.1) is 0 Å². The quantitative estimate of drug-likeness (QED) is 0.736. The molecule has 2 amide bonds. The Morgan fingerprint density at radius 2 is 1.95 bits per heavy atom. The van der Waals surface area contributed by atoms with Crippen LogP contribution >= 0.6 is 0 Å². The van der Waals surface area contributed by atoms with Crippen molar-refractivity contribution < 1.29 is 9.90 Å². The van der Waals surface area contributed by atoms with Gasteiger partial charge in [0.2, 0.25) is 0 Å². The van der Waals surface area contributed by atoms with E-state index < -0.39 is 0 Å². The molecule has 2 fully saturated rings. The van der Waals surface area contributed by atoms with Crippen molar-refractivity contribution in [2.75, 3.05) is 13.2 Å². The second-order valence-corrected chi connectivity index (χ2v) is 6.68. The van der Waals surface area contributed by atoms with Gasteiger partial charge >= 0.3 is 6.03 Å². The van der Waals surface area contributed by atoms with Crippen LogP contribution in [-0.2, 0) is 0 Å². The first-order chi connectivity index (χ1) is 9.63. The summed E-state index contributed by atoms with van der Waals surface area (Å²) in [6.07, 6.45) is 7.60. The summed E-state index contributed by atoms with van der Waals surface area (Å²) in [6, 6.07) is 0.909. The third-order valence-corrected chi connectivity index (χ3v) is 5.07. The van der Waals surface area contributed by atoms with Gasteiger partial charge in [-0.25, -0.2) is 4.79 Å². The SMILES string of the molecule is CC1CCCC(NC(=O)N(CCCCO)C2CC2)C1C. The molecule has 0 radical (unpaired) electrons. The van der Waals surface area contributed by atoms with Gasteiger partial charge in [-0.05, 0) is 43.9 Å². The molecule has 116 valence electrons. The Morgan fingerprint density at radius 3 is 2.60 bits per heavy atom. The number of amides is 2. The Balaban J connectivity index is 1.84. The first kappa shape index (κ1) is 15.6. The van der Waals surface area contributed by atoms with Crippen LogP contribution in [0.15, 0.2) is 0 Å². The van der Waals surface area contributed by atoms with Crippen molar-refractivity contribution in [2.24, 2.45) is 11.8 Å². The number of nitrogens with zero attached hydrogens (tertiary/aromatic N) is 1. The Labute approximate surface area is 122 Å². The summed E-state index contributed by atoms with van der Waals surface area (Å²) in [6.45, 7) is 5.57. The highest BCUT2D eigenvalue weighted by Gasteiger charge is 2.35. The molecule has 4 heteroatoms. The summed E-state index contributed by atoms with van der Waals surface area (Å²) in [4.78, 5) is 14.5. The van der Waals surface area contributed by atoms with Crippen molar-refractivity contribution in [2.45, 2.75) is 70.9 Å². The van der Waals surface area contributed by atoms with Gasteiger partial charge in [-0.1, -0.05) is 26.7 Å². The molecule has 3 unspecified atom stereocenters. The maximum Gasteiger partial charge on any atom is 0.317 e. The molecule has 0 aliphatic heterocycles. The molecule has 0 aromatic rings. The van der Waals surface area contributed by atoms with E-state index in [4.69, 9.17) is 5.11 Å². The topological polar surface area (TPSA) is 52.6 Å². The molecule has 4 nitrogen and oxygen atoms in total. The van der Waals surface area contributed by atoms with Gasteiger partial charge in [0.1, 0.15) is 0 Å². The second kappa shape index (κ2) is 7.30. The average Bonchev–Trinajstić information content (AvgIpc) is 3.24. The standard InChI is InChI=1S/C16H30N2O2/c1-12-6-5-7-15(13(12)2)17-16(20)18(14-8-9-14)10-3-4-11-19/h12-15,19H,3-11H2,1-2H3,(H,17,20). The fourth-order valence-electron chi connectivity index (χ4n) is 3.26. The van der Waals surface area contributed by atoms with Crippen LogP contribution in [0.25, 0.3) is 0 Å². The molecule has 0 aromatic heterocycles. The lowest BCUT2D eigenvalue weighted by Crippen LogP contribution is -2.50. The summed E-state index contributed by atoms with van der Waals surface area (Å²) in [5, 5.41) is 12.1. The van der Waals surface area contributed by atoms with Gasteiger partial charge in [0.15, 0.2) is 0 Å². The minimum atomic E-state index is 0.122. The lowest BCUT2D eigenvalue weighted by atomic mass is 9.78. The molecule has 0 spiro atoms. The van der Waals surface area contributed by atoms with E-state index in [1.165, 1.54) is 12.8 Å². The van der Waals surface area contributed by atoms with Crippen LogP contribution in [0.3, 0.4) is 0 Å². The van der Waals surface area contributed by atoms with E-state index in [1.54, 1.807) is 0 Å². The normalized spacial score (nSPS) is 30.1. The van der Waals surface area contributed by atoms with Gasteiger partial charge in [0.25, 0.3) is 0 Å². The van der Waals surface area contributed by atoms with E-state index in [-0.39, 0.29) is 12.6 Å². The predicted molar refractivity (Wildman–Crippen MR) is 80.5 cm³/mol. The summed E-state index contributed by atoms with van der Waals surface area (Å²) in [5.41, 5.74) is 0. The zero-order valence-corrected chi connectivity index (χ0v) is 13.0. The van der Waals surface area contributed by atoms with Crippen LogP contribution in [0.4, 0.5) is 4.79 Å². The van der Waals surface area contributed by atoms with E-state index in [9.17, 15) is 4.79 Å². The number of hydrogen-bond donors (Lipinski definition) is 2. The zero-order chi connectivity index (χ0) is 14.5. The minimum Gasteiger partial charge on any atom is -0.396 e. The molecule has 0 bridgehead atoms. The Morgan fingerprint density at radius 1 is 1.20 bits per heavy atom. The fourth-order valence-corrected chi connectivity index (χ4v) is 3.26. The van der Waals surface area contributed by atoms with Gasteiger partial charge in [-0.15, -0.1) is 0 Å². The van der Waals surface area contributed by atoms with Crippen molar-refractivity contribution in [3.63, 3.8) is 0 Å². The molecule has 20 heavy (non-hydrogen) atoms. The first-order valence-electron chi connectivity index (χ1n) is 8.31. The van der Waals surface area contributed by atoms with Crippen LogP contribution in [0.5, 0.6) is 0 Å². The van der Waals surface area contributed by atoms with Gasteiger partial charge in [0, 0.05) is 25.2 Å². The first-order valence-corrected chi connectivity index (χ1v) is 8.31. The van der Waals surface area contributed by atoms with Crippen LogP contribution in [-0.4, -0.2) is 41.3 Å². The maximum absolute atomic E-state index is 12.5. The summed E-state index contributed by atoms with van der Waals surface area (Å²) < 4.78 is 0. The maximum atomic E-state index is 12.5. The van der Waals surface area contributed by atoms with Crippen LogP contribution in [0.2, 0.25) is 0 Å². The number of urea groups is 1. The van der Waals surface area contributed by atoms with Crippen molar-refractivity contribution in [1.29, 1.82) is 0 Å². The molecular formula is C16H30N2O2. The number of nitrogens with one attached hydrogen (secondary N) is 1. The highest BCUT2D eigenvalue weighted by Crippen LogP contribution is 2.31. The van der Waals surface area contributed by atoms with Crippen molar-refractivity contribution in [1.82, 2.24) is 10.2 Å². The van der Waals surface area contributed by atoms with Gasteiger partial charge < -0.3 is 15.3 Å².